The number of methoxy groups -OCH3 is 1. The zero-order chi connectivity index (χ0) is 22.5. The van der Waals surface area contributed by atoms with Crippen LogP contribution in [0.15, 0.2) is 48.5 Å². The molecule has 2 unspecified atom stereocenters. The molecule has 2 aromatic carbocycles. The summed E-state index contributed by atoms with van der Waals surface area (Å²) in [5, 5.41) is 0. The van der Waals surface area contributed by atoms with Crippen LogP contribution in [0, 0.1) is 12.8 Å². The van der Waals surface area contributed by atoms with Crippen molar-refractivity contribution in [2.75, 3.05) is 33.3 Å². The molecule has 6 nitrogen and oxygen atoms in total. The summed E-state index contributed by atoms with van der Waals surface area (Å²) in [5.41, 5.74) is 2.01. The van der Waals surface area contributed by atoms with E-state index in [2.05, 4.69) is 18.7 Å². The van der Waals surface area contributed by atoms with Crippen LogP contribution in [0.4, 0.5) is 0 Å². The number of benzene rings is 2. The molecule has 3 rings (SSSR count). The Morgan fingerprint density at radius 2 is 1.74 bits per heavy atom. The normalized spacial score (nSPS) is 18.7. The lowest BCUT2D eigenvalue weighted by molar-refractivity contribution is -0.140. The third kappa shape index (κ3) is 4.54. The first-order chi connectivity index (χ1) is 14.9. The quantitative estimate of drug-likeness (QED) is 0.352. The van der Waals surface area contributed by atoms with Crippen LogP contribution in [0.5, 0.6) is 5.75 Å². The van der Waals surface area contributed by atoms with Gasteiger partial charge in [0.25, 0.3) is 5.91 Å². The van der Waals surface area contributed by atoms with Gasteiger partial charge in [-0.1, -0.05) is 44.2 Å². The summed E-state index contributed by atoms with van der Waals surface area (Å²) < 4.78 is 5.28. The number of ketones is 2. The monoisotopic (exact) mass is 422 g/mol. The molecular formula is C25H30N2O4. The van der Waals surface area contributed by atoms with Gasteiger partial charge in [0, 0.05) is 18.7 Å². The Bertz CT molecular complexity index is 953. The van der Waals surface area contributed by atoms with Gasteiger partial charge in [0.2, 0.25) is 5.78 Å². The van der Waals surface area contributed by atoms with Crippen LogP contribution < -0.4 is 4.74 Å². The van der Waals surface area contributed by atoms with Crippen molar-refractivity contribution in [3.8, 4) is 5.75 Å². The van der Waals surface area contributed by atoms with Crippen LogP contribution >= 0.6 is 0 Å². The first kappa shape index (κ1) is 22.7. The highest BCUT2D eigenvalue weighted by atomic mass is 16.5. The fraction of sp³-hybridized carbons (Fsp3) is 0.400. The highest BCUT2D eigenvalue weighted by molar-refractivity contribution is 6.44. The van der Waals surface area contributed by atoms with Crippen LogP contribution in [-0.2, 0) is 9.59 Å². The van der Waals surface area contributed by atoms with Gasteiger partial charge < -0.3 is 14.5 Å². The maximum atomic E-state index is 13.5. The Morgan fingerprint density at radius 3 is 2.32 bits per heavy atom. The minimum atomic E-state index is -1.06. The number of Topliss-reactive ketones (excluding diaryl/α,β-unsaturated/α-hetero) is 2. The standard InChI is InChI=1S/C25H30N2O4/c1-5-26(6-2)14-15-27-22(18-10-8-7-9-11-18)21(24(29)25(27)30)23(28)19-12-13-20(31-4)17(3)16-19/h7-13,16,21-22H,5-6,14-15H2,1-4H3. The lowest BCUT2D eigenvalue weighted by Crippen LogP contribution is -2.38. The van der Waals surface area contributed by atoms with Crippen LogP contribution in [0.25, 0.3) is 0 Å². The molecule has 1 saturated heterocycles. The molecule has 0 radical (unpaired) electrons. The molecule has 2 atom stereocenters. The number of ether oxygens (including phenoxy) is 1. The number of likely N-dealkylation sites (N-methyl/N-ethyl adjacent to an activating group) is 1. The average Bonchev–Trinajstić information content (AvgIpc) is 3.04. The second kappa shape index (κ2) is 9.88. The average molecular weight is 423 g/mol. The largest absolute Gasteiger partial charge is 0.496 e. The Hall–Kier alpha value is -2.99. The third-order valence-corrected chi connectivity index (χ3v) is 6.06. The molecule has 0 spiro atoms. The number of amides is 1. The summed E-state index contributed by atoms with van der Waals surface area (Å²) in [6.07, 6.45) is 0. The van der Waals surface area contributed by atoms with E-state index in [0.29, 0.717) is 24.4 Å². The van der Waals surface area contributed by atoms with Gasteiger partial charge in [0.05, 0.1) is 13.2 Å². The van der Waals surface area contributed by atoms with Gasteiger partial charge in [-0.25, -0.2) is 0 Å². The van der Waals surface area contributed by atoms with E-state index < -0.39 is 23.7 Å². The van der Waals surface area contributed by atoms with Gasteiger partial charge in [0.15, 0.2) is 5.78 Å². The highest BCUT2D eigenvalue weighted by Crippen LogP contribution is 2.38. The summed E-state index contributed by atoms with van der Waals surface area (Å²) in [4.78, 5) is 43.3. The van der Waals surface area contributed by atoms with Crippen molar-refractivity contribution < 1.29 is 19.1 Å². The summed E-state index contributed by atoms with van der Waals surface area (Å²) in [6.45, 7) is 8.74. The van der Waals surface area contributed by atoms with Crippen molar-refractivity contribution in [3.63, 3.8) is 0 Å². The van der Waals surface area contributed by atoms with E-state index in [4.69, 9.17) is 4.74 Å². The van der Waals surface area contributed by atoms with Gasteiger partial charge in [-0.15, -0.1) is 0 Å². The smallest absolute Gasteiger partial charge is 0.291 e. The van der Waals surface area contributed by atoms with Crippen molar-refractivity contribution in [1.29, 1.82) is 0 Å². The van der Waals surface area contributed by atoms with Gasteiger partial charge in [-0.3, -0.25) is 14.4 Å². The number of hydrogen-bond donors (Lipinski definition) is 0. The number of nitrogens with zero attached hydrogens (tertiary/aromatic N) is 2. The molecule has 31 heavy (non-hydrogen) atoms. The van der Waals surface area contributed by atoms with E-state index in [1.165, 1.54) is 0 Å². The predicted octanol–water partition coefficient (Wildman–Crippen LogP) is 3.30. The van der Waals surface area contributed by atoms with E-state index in [1.54, 1.807) is 30.2 Å². The molecule has 1 heterocycles. The highest BCUT2D eigenvalue weighted by Gasteiger charge is 2.51. The Balaban J connectivity index is 1.99. The van der Waals surface area contributed by atoms with Crippen LogP contribution in [0.1, 0.15) is 41.4 Å². The molecule has 0 saturated carbocycles. The summed E-state index contributed by atoms with van der Waals surface area (Å²) in [5.74, 6) is -1.93. The first-order valence-electron chi connectivity index (χ1n) is 10.7. The predicted molar refractivity (Wildman–Crippen MR) is 119 cm³/mol. The summed E-state index contributed by atoms with van der Waals surface area (Å²) in [6, 6.07) is 13.9. The van der Waals surface area contributed by atoms with Crippen molar-refractivity contribution >= 4 is 17.5 Å². The summed E-state index contributed by atoms with van der Waals surface area (Å²) in [7, 11) is 1.57. The first-order valence-corrected chi connectivity index (χ1v) is 10.7. The number of hydrogen-bond acceptors (Lipinski definition) is 5. The van der Waals surface area contributed by atoms with Crippen molar-refractivity contribution in [2.45, 2.75) is 26.8 Å². The van der Waals surface area contributed by atoms with E-state index in [9.17, 15) is 14.4 Å². The molecule has 1 aliphatic rings. The minimum Gasteiger partial charge on any atom is -0.496 e. The topological polar surface area (TPSA) is 66.9 Å². The summed E-state index contributed by atoms with van der Waals surface area (Å²) >= 11 is 0. The maximum Gasteiger partial charge on any atom is 0.291 e. The number of carbonyl (C=O) groups is 3. The number of rotatable bonds is 9. The Labute approximate surface area is 183 Å². The maximum absolute atomic E-state index is 13.5. The second-order valence-electron chi connectivity index (χ2n) is 7.77. The van der Waals surface area contributed by atoms with E-state index in [-0.39, 0.29) is 5.78 Å². The van der Waals surface area contributed by atoms with Crippen LogP contribution in [-0.4, -0.2) is 60.6 Å². The fourth-order valence-electron chi connectivity index (χ4n) is 4.25. The van der Waals surface area contributed by atoms with Crippen molar-refractivity contribution in [2.24, 2.45) is 5.92 Å². The molecule has 0 bridgehead atoms. The SMILES string of the molecule is CCN(CC)CCN1C(=O)C(=O)C(C(=O)c2ccc(OC)c(C)c2)C1c1ccccc1. The van der Waals surface area contributed by atoms with Crippen LogP contribution in [0.2, 0.25) is 0 Å². The Morgan fingerprint density at radius 1 is 1.06 bits per heavy atom. The Kier molecular flexibility index (Phi) is 7.23. The molecular weight excluding hydrogens is 392 g/mol. The molecule has 1 fully saturated rings. The molecule has 164 valence electrons. The lowest BCUT2D eigenvalue weighted by atomic mass is 9.86. The van der Waals surface area contributed by atoms with E-state index in [0.717, 1.165) is 24.2 Å². The van der Waals surface area contributed by atoms with Gasteiger partial charge in [0.1, 0.15) is 11.7 Å². The van der Waals surface area contributed by atoms with Crippen molar-refractivity contribution in [1.82, 2.24) is 9.80 Å². The third-order valence-electron chi connectivity index (χ3n) is 6.06. The molecule has 0 aromatic heterocycles. The van der Waals surface area contributed by atoms with Gasteiger partial charge >= 0.3 is 0 Å². The zero-order valence-corrected chi connectivity index (χ0v) is 18.6. The van der Waals surface area contributed by atoms with Crippen molar-refractivity contribution in [3.05, 3.63) is 65.2 Å². The molecule has 2 aromatic rings. The minimum absolute atomic E-state index is 0.330. The van der Waals surface area contributed by atoms with E-state index in [1.807, 2.05) is 37.3 Å². The lowest BCUT2D eigenvalue weighted by Gasteiger charge is -2.29. The van der Waals surface area contributed by atoms with Crippen LogP contribution in [0.3, 0.4) is 0 Å². The molecule has 0 aliphatic carbocycles. The number of carbonyl (C=O) groups excluding carboxylic acids is 3. The molecule has 6 heteroatoms. The number of likely N-dealkylation sites (tertiary alicyclic amines) is 1. The van der Waals surface area contributed by atoms with Gasteiger partial charge in [-0.2, -0.15) is 0 Å². The van der Waals surface area contributed by atoms with E-state index >= 15 is 0 Å². The van der Waals surface area contributed by atoms with Gasteiger partial charge in [-0.05, 0) is 49.3 Å². The molecule has 1 aliphatic heterocycles. The molecule has 1 amide bonds. The molecule has 0 N–H and O–H groups in total. The fourth-order valence-corrected chi connectivity index (χ4v) is 4.25. The second-order valence-corrected chi connectivity index (χ2v) is 7.77. The number of aryl methyl sites for hydroxylation is 1. The zero-order valence-electron chi connectivity index (χ0n) is 18.6.